The summed E-state index contributed by atoms with van der Waals surface area (Å²) in [6.45, 7) is 5.81. The monoisotopic (exact) mass is 393 g/mol. The van der Waals surface area contributed by atoms with Gasteiger partial charge in [0.2, 0.25) is 5.91 Å². The molecular weight excluding hydrogens is 374 g/mol. The number of thiophene rings is 2. The predicted molar refractivity (Wildman–Crippen MR) is 108 cm³/mol. The van der Waals surface area contributed by atoms with Gasteiger partial charge in [0.05, 0.1) is 16.4 Å². The van der Waals surface area contributed by atoms with Gasteiger partial charge in [-0.15, -0.1) is 34.4 Å². The van der Waals surface area contributed by atoms with E-state index in [0.717, 1.165) is 15.3 Å². The van der Waals surface area contributed by atoms with Gasteiger partial charge in [0.25, 0.3) is 5.56 Å². The first-order valence-electron chi connectivity index (χ1n) is 7.92. The van der Waals surface area contributed by atoms with Crippen LogP contribution >= 0.6 is 34.4 Å². The van der Waals surface area contributed by atoms with E-state index < -0.39 is 0 Å². The minimum absolute atomic E-state index is 0.00798. The zero-order valence-corrected chi connectivity index (χ0v) is 16.6. The van der Waals surface area contributed by atoms with Gasteiger partial charge in [-0.05, 0) is 32.2 Å². The Balaban J connectivity index is 1.82. The molecule has 0 fully saturated rings. The van der Waals surface area contributed by atoms with Gasteiger partial charge >= 0.3 is 0 Å². The summed E-state index contributed by atoms with van der Waals surface area (Å²) in [5.41, 5.74) is 0.815. The summed E-state index contributed by atoms with van der Waals surface area (Å²) in [5, 5.41) is 7.42. The molecular formula is C17H19N3O2S3. The Morgan fingerprint density at radius 1 is 1.36 bits per heavy atom. The third-order valence-corrected chi connectivity index (χ3v) is 6.48. The fourth-order valence-electron chi connectivity index (χ4n) is 2.41. The highest BCUT2D eigenvalue weighted by molar-refractivity contribution is 8.00. The molecule has 3 rings (SSSR count). The summed E-state index contributed by atoms with van der Waals surface area (Å²) >= 11 is 4.55. The zero-order chi connectivity index (χ0) is 18.0. The van der Waals surface area contributed by atoms with Crippen LogP contribution < -0.4 is 10.9 Å². The van der Waals surface area contributed by atoms with Crippen molar-refractivity contribution in [2.75, 3.05) is 5.75 Å². The topological polar surface area (TPSA) is 74.8 Å². The third-order valence-electron chi connectivity index (χ3n) is 3.55. The Hall–Kier alpha value is -1.64. The van der Waals surface area contributed by atoms with Crippen molar-refractivity contribution in [3.05, 3.63) is 39.1 Å². The van der Waals surface area contributed by atoms with Crippen LogP contribution in [0.2, 0.25) is 0 Å². The Morgan fingerprint density at radius 2 is 2.16 bits per heavy atom. The lowest BCUT2D eigenvalue weighted by molar-refractivity contribution is -0.119. The molecule has 0 aliphatic rings. The number of carbonyl (C=O) groups is 1. The van der Waals surface area contributed by atoms with Crippen molar-refractivity contribution in [2.45, 2.75) is 32.1 Å². The van der Waals surface area contributed by atoms with E-state index in [4.69, 9.17) is 0 Å². The molecule has 0 radical (unpaired) electrons. The summed E-state index contributed by atoms with van der Waals surface area (Å²) < 4.78 is 0. The van der Waals surface area contributed by atoms with Crippen molar-refractivity contribution in [1.29, 1.82) is 0 Å². The summed E-state index contributed by atoms with van der Waals surface area (Å²) in [5.74, 6) is 0.942. The highest BCUT2D eigenvalue weighted by Gasteiger charge is 2.17. The van der Waals surface area contributed by atoms with Crippen molar-refractivity contribution in [1.82, 2.24) is 15.3 Å². The molecule has 25 heavy (non-hydrogen) atoms. The number of hydrogen-bond acceptors (Lipinski definition) is 6. The zero-order valence-electron chi connectivity index (χ0n) is 14.2. The first kappa shape index (κ1) is 18.2. The molecule has 0 aliphatic carbocycles. The molecule has 0 bridgehead atoms. The van der Waals surface area contributed by atoms with Crippen LogP contribution in [-0.4, -0.2) is 27.7 Å². The maximum atomic E-state index is 12.6. The number of amides is 1. The number of fused-ring (bicyclic) bond motifs is 1. The van der Waals surface area contributed by atoms with Crippen LogP contribution in [0.4, 0.5) is 0 Å². The highest BCUT2D eigenvalue weighted by Crippen LogP contribution is 2.34. The largest absolute Gasteiger partial charge is 0.353 e. The Kier molecular flexibility index (Phi) is 5.61. The van der Waals surface area contributed by atoms with Gasteiger partial charge in [0.1, 0.15) is 10.7 Å². The smallest absolute Gasteiger partial charge is 0.260 e. The maximum absolute atomic E-state index is 12.6. The van der Waals surface area contributed by atoms with Crippen LogP contribution in [0.15, 0.2) is 27.7 Å². The summed E-state index contributed by atoms with van der Waals surface area (Å²) in [7, 11) is 0. The molecule has 0 spiro atoms. The molecule has 5 nitrogen and oxygen atoms in total. The molecule has 132 valence electrons. The van der Waals surface area contributed by atoms with E-state index in [1.165, 1.54) is 23.1 Å². The Bertz CT molecular complexity index is 928. The van der Waals surface area contributed by atoms with Crippen LogP contribution in [0.3, 0.4) is 0 Å². The number of rotatable bonds is 6. The van der Waals surface area contributed by atoms with Gasteiger partial charge in [-0.1, -0.05) is 6.07 Å². The van der Waals surface area contributed by atoms with Crippen LogP contribution in [0.25, 0.3) is 20.7 Å². The fourth-order valence-corrected chi connectivity index (χ4v) is 4.94. The number of nitrogens with zero attached hydrogens (tertiary/aromatic N) is 1. The average Bonchev–Trinajstić information content (AvgIpc) is 3.20. The van der Waals surface area contributed by atoms with E-state index in [-0.39, 0.29) is 22.8 Å². The molecule has 8 heteroatoms. The second-order valence-corrected chi connectivity index (χ2v) is 9.07. The van der Waals surface area contributed by atoms with E-state index in [1.54, 1.807) is 11.3 Å². The molecule has 3 heterocycles. The molecule has 3 aromatic rings. The van der Waals surface area contributed by atoms with Crippen molar-refractivity contribution in [3.63, 3.8) is 0 Å². The van der Waals surface area contributed by atoms with Crippen LogP contribution in [-0.2, 0) is 4.79 Å². The number of aromatic nitrogens is 2. The van der Waals surface area contributed by atoms with Gasteiger partial charge in [0.15, 0.2) is 0 Å². The second kappa shape index (κ2) is 7.72. The van der Waals surface area contributed by atoms with E-state index in [9.17, 15) is 9.59 Å². The first-order chi connectivity index (χ1) is 12.0. The lowest BCUT2D eigenvalue weighted by Crippen LogP contribution is -2.31. The molecule has 3 aromatic heterocycles. The molecule has 0 unspecified atom stereocenters. The molecule has 0 aliphatic heterocycles. The SMILES string of the molecule is CC(C)NC(=O)CS[C@H](C)c1nc2scc(-c3cccs3)c2c(=O)[nH]1. The molecule has 1 atom stereocenters. The van der Waals surface area contributed by atoms with E-state index in [1.807, 2.05) is 43.7 Å². The summed E-state index contributed by atoms with van der Waals surface area (Å²) in [4.78, 5) is 33.7. The minimum Gasteiger partial charge on any atom is -0.353 e. The number of hydrogen-bond donors (Lipinski definition) is 2. The Morgan fingerprint density at radius 3 is 2.84 bits per heavy atom. The van der Waals surface area contributed by atoms with Crippen LogP contribution in [0.1, 0.15) is 31.8 Å². The normalized spacial score (nSPS) is 12.6. The summed E-state index contributed by atoms with van der Waals surface area (Å²) in [6.07, 6.45) is 0. The summed E-state index contributed by atoms with van der Waals surface area (Å²) in [6, 6.07) is 4.10. The van der Waals surface area contributed by atoms with Crippen LogP contribution in [0, 0.1) is 0 Å². The van der Waals surface area contributed by atoms with Gasteiger partial charge in [0, 0.05) is 21.9 Å². The highest BCUT2D eigenvalue weighted by atomic mass is 32.2. The van der Waals surface area contributed by atoms with Gasteiger partial charge in [-0.2, -0.15) is 0 Å². The van der Waals surface area contributed by atoms with Gasteiger partial charge in [-0.25, -0.2) is 4.98 Å². The molecule has 0 saturated carbocycles. The second-order valence-electron chi connectivity index (χ2n) is 5.93. The first-order valence-corrected chi connectivity index (χ1v) is 10.7. The van der Waals surface area contributed by atoms with Crippen LogP contribution in [0.5, 0.6) is 0 Å². The third kappa shape index (κ3) is 4.13. The number of thioether (sulfide) groups is 1. The van der Waals surface area contributed by atoms with Crippen molar-refractivity contribution < 1.29 is 4.79 Å². The van der Waals surface area contributed by atoms with E-state index in [2.05, 4.69) is 15.3 Å². The maximum Gasteiger partial charge on any atom is 0.260 e. The average molecular weight is 394 g/mol. The van der Waals surface area contributed by atoms with Crippen molar-refractivity contribution in [2.24, 2.45) is 0 Å². The molecule has 1 amide bonds. The minimum atomic E-state index is -0.122. The van der Waals surface area contributed by atoms with Gasteiger partial charge in [-0.3, -0.25) is 9.59 Å². The van der Waals surface area contributed by atoms with Gasteiger partial charge < -0.3 is 10.3 Å². The molecule has 0 saturated heterocycles. The number of aromatic amines is 1. The quantitative estimate of drug-likeness (QED) is 0.663. The van der Waals surface area contributed by atoms with Crippen molar-refractivity contribution in [3.8, 4) is 10.4 Å². The van der Waals surface area contributed by atoms with E-state index >= 15 is 0 Å². The lowest BCUT2D eigenvalue weighted by atomic mass is 10.2. The molecule has 2 N–H and O–H groups in total. The number of nitrogens with one attached hydrogen (secondary N) is 2. The Labute approximate surface area is 157 Å². The lowest BCUT2D eigenvalue weighted by Gasteiger charge is -2.12. The molecule has 0 aromatic carbocycles. The van der Waals surface area contributed by atoms with E-state index in [0.29, 0.717) is 17.0 Å². The fraction of sp³-hybridized carbons (Fsp3) is 0.353. The standard InChI is InChI=1S/C17H19N3O2S3/c1-9(2)18-13(21)8-24-10(3)15-19-16(22)14-11(7-25-17(14)20-15)12-5-4-6-23-12/h4-7,9-10H,8H2,1-3H3,(H,18,21)(H,19,20,22)/t10-/m1/s1. The number of H-pyrrole nitrogens is 1. The van der Waals surface area contributed by atoms with Crippen molar-refractivity contribution >= 4 is 50.6 Å². The predicted octanol–water partition coefficient (Wildman–Crippen LogP) is 4.03. The number of carbonyl (C=O) groups excluding carboxylic acids is 1.